The Morgan fingerprint density at radius 3 is 2.85 bits per heavy atom. The number of halogens is 3. The second kappa shape index (κ2) is 7.45. The van der Waals surface area contributed by atoms with Crippen molar-refractivity contribution in [1.29, 1.82) is 0 Å². The minimum absolute atomic E-state index is 0.0554. The molecule has 0 spiro atoms. The minimum atomic E-state index is -4.68. The molecule has 0 unspecified atom stereocenters. The molecule has 2 aromatic rings. The molecule has 0 N–H and O–H groups in total. The Bertz CT molecular complexity index is 822. The van der Waals surface area contributed by atoms with Crippen LogP contribution in [0.4, 0.5) is 13.2 Å². The van der Waals surface area contributed by atoms with Gasteiger partial charge in [0.2, 0.25) is 5.91 Å². The van der Waals surface area contributed by atoms with Crippen LogP contribution in [-0.4, -0.2) is 48.3 Å². The Kier molecular flexibility index (Phi) is 5.24. The number of para-hydroxylation sites is 1. The van der Waals surface area contributed by atoms with Crippen molar-refractivity contribution in [3.8, 4) is 11.5 Å². The Labute approximate surface area is 153 Å². The highest BCUT2D eigenvalue weighted by Gasteiger charge is 2.38. The molecule has 3 rings (SSSR count). The highest BCUT2D eigenvalue weighted by molar-refractivity contribution is 5.79. The van der Waals surface area contributed by atoms with E-state index in [2.05, 4.69) is 14.7 Å². The normalized spacial score (nSPS) is 16.4. The summed E-state index contributed by atoms with van der Waals surface area (Å²) in [6, 6.07) is 5.48. The van der Waals surface area contributed by atoms with E-state index in [1.165, 1.54) is 4.90 Å². The van der Waals surface area contributed by atoms with E-state index < -0.39 is 12.1 Å². The third-order valence-corrected chi connectivity index (χ3v) is 4.28. The molecule has 2 heterocycles. The molecule has 1 aliphatic rings. The van der Waals surface area contributed by atoms with Crippen LogP contribution < -0.4 is 9.47 Å². The molecule has 146 valence electrons. The van der Waals surface area contributed by atoms with Gasteiger partial charge in [0.15, 0.2) is 17.3 Å². The summed E-state index contributed by atoms with van der Waals surface area (Å²) in [6.45, 7) is 0.369. The largest absolute Gasteiger partial charge is 0.493 e. The fourth-order valence-electron chi connectivity index (χ4n) is 2.87. The molecule has 0 saturated heterocycles. The predicted octanol–water partition coefficient (Wildman–Crippen LogP) is 2.35. The molecule has 27 heavy (non-hydrogen) atoms. The smallest absolute Gasteiger partial charge is 0.471 e. The Hall–Kier alpha value is -2.78. The van der Waals surface area contributed by atoms with Crippen LogP contribution in [0.1, 0.15) is 17.3 Å². The lowest BCUT2D eigenvalue weighted by molar-refractivity contribution is -0.159. The lowest BCUT2D eigenvalue weighted by atomic mass is 9.95. The first kappa shape index (κ1) is 19.0. The molecule has 0 aliphatic carbocycles. The van der Waals surface area contributed by atoms with Gasteiger partial charge in [-0.2, -0.15) is 18.2 Å². The van der Waals surface area contributed by atoms with Gasteiger partial charge in [0.25, 0.3) is 0 Å². The van der Waals surface area contributed by atoms with Crippen molar-refractivity contribution in [2.24, 2.45) is 5.92 Å². The summed E-state index contributed by atoms with van der Waals surface area (Å²) in [6.07, 6.45) is -4.13. The van der Waals surface area contributed by atoms with Gasteiger partial charge >= 0.3 is 12.1 Å². The summed E-state index contributed by atoms with van der Waals surface area (Å²) in [5.74, 6) is -0.786. The standard InChI is InChI=1S/C17H18F3N3O4/c1-23(7-6-13-21-16(27-22-13)17(18,19)20)15(24)11-8-10-4-3-5-12(25-2)14(10)26-9-11/h3-5,11H,6-9H2,1-2H3/t11-/m1/s1. The Balaban J connectivity index is 1.58. The summed E-state index contributed by atoms with van der Waals surface area (Å²) in [7, 11) is 3.13. The maximum Gasteiger partial charge on any atom is 0.471 e. The lowest BCUT2D eigenvalue weighted by Gasteiger charge is -2.28. The van der Waals surface area contributed by atoms with Crippen LogP contribution in [0.5, 0.6) is 11.5 Å². The van der Waals surface area contributed by atoms with E-state index in [1.807, 2.05) is 12.1 Å². The van der Waals surface area contributed by atoms with Gasteiger partial charge in [-0.15, -0.1) is 0 Å². The van der Waals surface area contributed by atoms with Gasteiger partial charge in [-0.05, 0) is 18.1 Å². The first-order valence-corrected chi connectivity index (χ1v) is 8.23. The SMILES string of the molecule is COc1cccc2c1OC[C@H](C(=O)N(C)CCc1noc(C(F)(F)F)n1)C2. The van der Waals surface area contributed by atoms with E-state index in [1.54, 1.807) is 20.2 Å². The zero-order valence-electron chi connectivity index (χ0n) is 14.7. The lowest BCUT2D eigenvalue weighted by Crippen LogP contribution is -2.39. The van der Waals surface area contributed by atoms with Crippen LogP contribution in [0, 0.1) is 5.92 Å². The number of amides is 1. The molecule has 1 atom stereocenters. The number of aromatic nitrogens is 2. The van der Waals surface area contributed by atoms with Crippen LogP contribution in [0.3, 0.4) is 0 Å². The van der Waals surface area contributed by atoms with Crippen LogP contribution in [0.15, 0.2) is 22.7 Å². The molecule has 0 saturated carbocycles. The molecule has 1 aromatic carbocycles. The zero-order chi connectivity index (χ0) is 19.6. The number of hydrogen-bond acceptors (Lipinski definition) is 6. The summed E-state index contributed by atoms with van der Waals surface area (Å²) in [4.78, 5) is 17.3. The van der Waals surface area contributed by atoms with E-state index in [-0.39, 0.29) is 37.2 Å². The van der Waals surface area contributed by atoms with Gasteiger partial charge in [-0.25, -0.2) is 0 Å². The number of carbonyl (C=O) groups excluding carboxylic acids is 1. The Morgan fingerprint density at radius 1 is 1.41 bits per heavy atom. The molecule has 1 amide bonds. The van der Waals surface area contributed by atoms with E-state index in [9.17, 15) is 18.0 Å². The highest BCUT2D eigenvalue weighted by Crippen LogP contribution is 2.36. The number of alkyl halides is 3. The predicted molar refractivity (Wildman–Crippen MR) is 86.3 cm³/mol. The van der Waals surface area contributed by atoms with E-state index >= 15 is 0 Å². The zero-order valence-corrected chi connectivity index (χ0v) is 14.7. The van der Waals surface area contributed by atoms with Crippen molar-refractivity contribution in [1.82, 2.24) is 15.0 Å². The molecule has 1 aromatic heterocycles. The monoisotopic (exact) mass is 385 g/mol. The van der Waals surface area contributed by atoms with Crippen molar-refractivity contribution in [2.45, 2.75) is 19.0 Å². The number of rotatable bonds is 5. The average molecular weight is 385 g/mol. The van der Waals surface area contributed by atoms with Gasteiger partial charge in [0.1, 0.15) is 6.61 Å². The van der Waals surface area contributed by atoms with Gasteiger partial charge in [0.05, 0.1) is 13.0 Å². The summed E-state index contributed by atoms with van der Waals surface area (Å²) in [5, 5.41) is 3.29. The molecule has 0 bridgehead atoms. The third kappa shape index (κ3) is 4.15. The van der Waals surface area contributed by atoms with Crippen LogP contribution in [-0.2, 0) is 23.8 Å². The molecule has 10 heteroatoms. The average Bonchev–Trinajstić information content (AvgIpc) is 3.14. The van der Waals surface area contributed by atoms with Crippen molar-refractivity contribution in [3.63, 3.8) is 0 Å². The molecular weight excluding hydrogens is 367 g/mol. The van der Waals surface area contributed by atoms with Crippen LogP contribution in [0.2, 0.25) is 0 Å². The van der Waals surface area contributed by atoms with Gasteiger partial charge < -0.3 is 18.9 Å². The van der Waals surface area contributed by atoms with Gasteiger partial charge in [0, 0.05) is 20.0 Å². The minimum Gasteiger partial charge on any atom is -0.493 e. The fraction of sp³-hybridized carbons (Fsp3) is 0.471. The summed E-state index contributed by atoms with van der Waals surface area (Å²) >= 11 is 0. The number of carbonyl (C=O) groups is 1. The first-order chi connectivity index (χ1) is 12.8. The number of benzene rings is 1. The van der Waals surface area contributed by atoms with Crippen LogP contribution in [0.25, 0.3) is 0 Å². The second-order valence-electron chi connectivity index (χ2n) is 6.18. The number of fused-ring (bicyclic) bond motifs is 1. The van der Waals surface area contributed by atoms with E-state index in [0.717, 1.165) is 5.56 Å². The third-order valence-electron chi connectivity index (χ3n) is 4.28. The highest BCUT2D eigenvalue weighted by atomic mass is 19.4. The van der Waals surface area contributed by atoms with Crippen LogP contribution >= 0.6 is 0 Å². The summed E-state index contributed by atoms with van der Waals surface area (Å²) < 4.78 is 52.5. The number of hydrogen-bond donors (Lipinski definition) is 0. The molecule has 0 fully saturated rings. The molecule has 1 aliphatic heterocycles. The number of ether oxygens (including phenoxy) is 2. The van der Waals surface area contributed by atoms with Crippen molar-refractivity contribution in [3.05, 3.63) is 35.5 Å². The van der Waals surface area contributed by atoms with E-state index in [4.69, 9.17) is 9.47 Å². The number of likely N-dealkylation sites (N-methyl/N-ethyl adjacent to an activating group) is 1. The second-order valence-corrected chi connectivity index (χ2v) is 6.18. The molecule has 7 nitrogen and oxygen atoms in total. The Morgan fingerprint density at radius 2 is 2.19 bits per heavy atom. The molecule has 0 radical (unpaired) electrons. The van der Waals surface area contributed by atoms with Gasteiger partial charge in [-0.1, -0.05) is 17.3 Å². The number of methoxy groups -OCH3 is 1. The molecular formula is C17H18F3N3O4. The van der Waals surface area contributed by atoms with Crippen molar-refractivity contribution < 1.29 is 32.0 Å². The topological polar surface area (TPSA) is 77.7 Å². The van der Waals surface area contributed by atoms with E-state index in [0.29, 0.717) is 17.9 Å². The van der Waals surface area contributed by atoms with Gasteiger partial charge in [-0.3, -0.25) is 4.79 Å². The fourth-order valence-corrected chi connectivity index (χ4v) is 2.87. The maximum absolute atomic E-state index is 12.6. The summed E-state index contributed by atoms with van der Waals surface area (Å²) in [5.41, 5.74) is 0.875. The first-order valence-electron chi connectivity index (χ1n) is 8.23. The maximum atomic E-state index is 12.6. The quantitative estimate of drug-likeness (QED) is 0.786. The van der Waals surface area contributed by atoms with Crippen molar-refractivity contribution >= 4 is 5.91 Å². The number of nitrogens with zero attached hydrogens (tertiary/aromatic N) is 3. The van der Waals surface area contributed by atoms with Crippen molar-refractivity contribution in [2.75, 3.05) is 27.3 Å².